The molecule has 162 valence electrons. The van der Waals surface area contributed by atoms with E-state index in [4.69, 9.17) is 18.4 Å². The van der Waals surface area contributed by atoms with Gasteiger partial charge in [-0.1, -0.05) is 5.16 Å². The molecule has 2 aliphatic rings. The van der Waals surface area contributed by atoms with Crippen molar-refractivity contribution < 1.29 is 23.2 Å². The summed E-state index contributed by atoms with van der Waals surface area (Å²) in [5.41, 5.74) is 2.65. The maximum Gasteiger partial charge on any atom is 0.247 e. The van der Waals surface area contributed by atoms with Crippen LogP contribution >= 0.6 is 0 Å². The van der Waals surface area contributed by atoms with Gasteiger partial charge in [0.2, 0.25) is 24.5 Å². The summed E-state index contributed by atoms with van der Waals surface area (Å²) >= 11 is 0. The second-order valence-electron chi connectivity index (χ2n) is 8.00. The Morgan fingerprint density at radius 2 is 2.06 bits per heavy atom. The molecule has 3 aromatic rings. The molecule has 1 aromatic carbocycles. The molecule has 4 heterocycles. The van der Waals surface area contributed by atoms with Gasteiger partial charge in [-0.05, 0) is 51.3 Å². The van der Waals surface area contributed by atoms with E-state index >= 15 is 0 Å². The van der Waals surface area contributed by atoms with E-state index in [0.717, 1.165) is 42.0 Å². The lowest BCUT2D eigenvalue weighted by molar-refractivity contribution is -0.132. The van der Waals surface area contributed by atoms with E-state index in [1.165, 1.54) is 0 Å². The predicted octanol–water partition coefficient (Wildman–Crippen LogP) is 3.41. The van der Waals surface area contributed by atoms with Crippen LogP contribution in [0.1, 0.15) is 48.1 Å². The van der Waals surface area contributed by atoms with Gasteiger partial charge in [-0.25, -0.2) is 0 Å². The van der Waals surface area contributed by atoms with Crippen molar-refractivity contribution in [2.45, 2.75) is 45.4 Å². The van der Waals surface area contributed by atoms with Crippen molar-refractivity contribution in [3.05, 3.63) is 41.1 Å². The van der Waals surface area contributed by atoms with Gasteiger partial charge in [-0.15, -0.1) is 10.2 Å². The number of hydrogen-bond acceptors (Lipinski definition) is 8. The first kappa shape index (κ1) is 19.6. The number of rotatable bonds is 5. The van der Waals surface area contributed by atoms with Gasteiger partial charge in [0.05, 0.1) is 11.6 Å². The van der Waals surface area contributed by atoms with E-state index in [9.17, 15) is 4.79 Å². The fourth-order valence-corrected chi connectivity index (χ4v) is 4.20. The van der Waals surface area contributed by atoms with Crippen molar-refractivity contribution in [3.8, 4) is 23.0 Å². The molecule has 1 atom stereocenters. The number of aromatic nitrogens is 3. The molecule has 1 amide bonds. The van der Waals surface area contributed by atoms with Crippen LogP contribution in [0.2, 0.25) is 0 Å². The largest absolute Gasteiger partial charge is 0.454 e. The minimum Gasteiger partial charge on any atom is -0.454 e. The van der Waals surface area contributed by atoms with Crippen LogP contribution in [0.25, 0.3) is 11.5 Å². The first-order valence-electron chi connectivity index (χ1n) is 10.5. The maximum absolute atomic E-state index is 12.8. The van der Waals surface area contributed by atoms with Gasteiger partial charge < -0.3 is 23.3 Å². The normalized spacial score (nSPS) is 17.9. The third-order valence-electron chi connectivity index (χ3n) is 5.95. The van der Waals surface area contributed by atoms with Gasteiger partial charge in [0.15, 0.2) is 11.5 Å². The molecule has 1 saturated heterocycles. The van der Waals surface area contributed by atoms with Crippen LogP contribution in [-0.4, -0.2) is 46.0 Å². The van der Waals surface area contributed by atoms with Gasteiger partial charge in [0.1, 0.15) is 5.76 Å². The summed E-state index contributed by atoms with van der Waals surface area (Å²) in [5, 5.41) is 12.4. The average molecular weight is 424 g/mol. The Hall–Kier alpha value is -3.36. The number of amides is 1. The number of fused-ring (bicyclic) bond motifs is 1. The number of piperidine rings is 1. The average Bonchev–Trinajstić information content (AvgIpc) is 3.52. The highest BCUT2D eigenvalue weighted by molar-refractivity contribution is 5.76. The van der Waals surface area contributed by atoms with Gasteiger partial charge in [0, 0.05) is 30.6 Å². The molecule has 2 aliphatic heterocycles. The molecular weight excluding hydrogens is 400 g/mol. The number of carbonyl (C=O) groups excluding carboxylic acids is 1. The number of ether oxygens (including phenoxy) is 2. The Bertz CT molecular complexity index is 1090. The molecule has 0 aliphatic carbocycles. The molecule has 0 unspecified atom stereocenters. The molecule has 0 bridgehead atoms. The minimum absolute atomic E-state index is 0.0343. The number of likely N-dealkylation sites (tertiary alicyclic amines) is 1. The highest BCUT2D eigenvalue weighted by Crippen LogP contribution is 2.36. The summed E-state index contributed by atoms with van der Waals surface area (Å²) in [6.45, 7) is 5.34. The highest BCUT2D eigenvalue weighted by Gasteiger charge is 2.29. The molecule has 0 spiro atoms. The molecule has 2 aromatic heterocycles. The van der Waals surface area contributed by atoms with Crippen LogP contribution in [-0.2, 0) is 11.2 Å². The fourth-order valence-electron chi connectivity index (χ4n) is 4.20. The number of hydrogen-bond donors (Lipinski definition) is 0. The van der Waals surface area contributed by atoms with E-state index < -0.39 is 0 Å². The topological polar surface area (TPSA) is 104 Å². The van der Waals surface area contributed by atoms with Crippen LogP contribution < -0.4 is 9.47 Å². The summed E-state index contributed by atoms with van der Waals surface area (Å²) in [6.07, 6.45) is 2.89. The zero-order valence-electron chi connectivity index (χ0n) is 17.6. The van der Waals surface area contributed by atoms with Crippen LogP contribution in [0.15, 0.2) is 27.1 Å². The molecule has 0 N–H and O–H groups in total. The Morgan fingerprint density at radius 3 is 2.90 bits per heavy atom. The molecular formula is C22H24N4O5. The van der Waals surface area contributed by atoms with Crippen molar-refractivity contribution >= 4 is 5.91 Å². The van der Waals surface area contributed by atoms with Crippen molar-refractivity contribution in [1.82, 2.24) is 20.3 Å². The zero-order valence-corrected chi connectivity index (χ0v) is 17.6. The van der Waals surface area contributed by atoms with Crippen molar-refractivity contribution in [2.24, 2.45) is 0 Å². The van der Waals surface area contributed by atoms with Crippen LogP contribution in [0.4, 0.5) is 0 Å². The second-order valence-corrected chi connectivity index (χ2v) is 8.00. The lowest BCUT2D eigenvalue weighted by atomic mass is 9.97. The second kappa shape index (κ2) is 8.05. The van der Waals surface area contributed by atoms with Gasteiger partial charge >= 0.3 is 0 Å². The summed E-state index contributed by atoms with van der Waals surface area (Å²) < 4.78 is 21.9. The minimum atomic E-state index is 0.0343. The predicted molar refractivity (Wildman–Crippen MR) is 109 cm³/mol. The zero-order chi connectivity index (χ0) is 21.4. The first-order valence-corrected chi connectivity index (χ1v) is 10.5. The number of nitrogens with zero attached hydrogens (tertiary/aromatic N) is 4. The molecule has 1 fully saturated rings. The van der Waals surface area contributed by atoms with E-state index in [-0.39, 0.29) is 18.6 Å². The van der Waals surface area contributed by atoms with E-state index in [1.807, 2.05) is 36.9 Å². The molecule has 0 saturated carbocycles. The van der Waals surface area contributed by atoms with E-state index in [1.54, 1.807) is 0 Å². The Kier molecular flexibility index (Phi) is 5.09. The summed E-state index contributed by atoms with van der Waals surface area (Å²) in [5.74, 6) is 3.33. The van der Waals surface area contributed by atoms with Crippen molar-refractivity contribution in [2.75, 3.05) is 19.9 Å². The number of aryl methyl sites for hydroxylation is 2. The fraction of sp³-hybridized carbons (Fsp3) is 0.455. The van der Waals surface area contributed by atoms with E-state index in [2.05, 4.69) is 15.4 Å². The highest BCUT2D eigenvalue weighted by atomic mass is 16.7. The quantitative estimate of drug-likeness (QED) is 0.614. The van der Waals surface area contributed by atoms with Crippen molar-refractivity contribution in [1.29, 1.82) is 0 Å². The van der Waals surface area contributed by atoms with Crippen molar-refractivity contribution in [3.63, 3.8) is 0 Å². The molecule has 9 heteroatoms. The smallest absolute Gasteiger partial charge is 0.247 e. The maximum atomic E-state index is 12.8. The summed E-state index contributed by atoms with van der Waals surface area (Å²) in [7, 11) is 0. The standard InChI is InChI=1S/C22H24N4O5/c1-13-17(14(2)31-25-13)6-8-20(27)26-9-3-4-16(11-26)22-24-23-21(30-22)15-5-7-18-19(10-15)29-12-28-18/h5,7,10,16H,3-4,6,8-9,11-12H2,1-2H3/t16-/m0/s1. The molecule has 5 rings (SSSR count). The van der Waals surface area contributed by atoms with Gasteiger partial charge in [-0.2, -0.15) is 0 Å². The molecule has 9 nitrogen and oxygen atoms in total. The number of benzene rings is 1. The molecule has 31 heavy (non-hydrogen) atoms. The summed E-state index contributed by atoms with van der Waals surface area (Å²) in [4.78, 5) is 14.7. The lowest BCUT2D eigenvalue weighted by Crippen LogP contribution is -2.39. The van der Waals surface area contributed by atoms with Crippen LogP contribution in [0.5, 0.6) is 11.5 Å². The van der Waals surface area contributed by atoms with Crippen LogP contribution in [0, 0.1) is 13.8 Å². The molecule has 0 radical (unpaired) electrons. The third kappa shape index (κ3) is 3.87. The summed E-state index contributed by atoms with van der Waals surface area (Å²) in [6, 6.07) is 5.54. The third-order valence-corrected chi connectivity index (χ3v) is 5.95. The number of carbonyl (C=O) groups is 1. The lowest BCUT2D eigenvalue weighted by Gasteiger charge is -2.31. The van der Waals surface area contributed by atoms with E-state index in [0.29, 0.717) is 42.7 Å². The first-order chi connectivity index (χ1) is 15.1. The Balaban J connectivity index is 1.24. The Labute approximate surface area is 179 Å². The SMILES string of the molecule is Cc1noc(C)c1CCC(=O)N1CCC[C@H](c2nnc(-c3ccc4c(c3)OCO4)o2)C1. The van der Waals surface area contributed by atoms with Gasteiger partial charge in [0.25, 0.3) is 0 Å². The van der Waals surface area contributed by atoms with Crippen LogP contribution in [0.3, 0.4) is 0 Å². The Morgan fingerprint density at radius 1 is 1.19 bits per heavy atom. The van der Waals surface area contributed by atoms with Gasteiger partial charge in [-0.3, -0.25) is 4.79 Å². The monoisotopic (exact) mass is 424 g/mol.